The normalized spacial score (nSPS) is 22.5. The van der Waals surface area contributed by atoms with Crippen LogP contribution < -0.4 is 5.32 Å². The second-order valence-electron chi connectivity index (χ2n) is 7.73. The molecule has 1 aliphatic heterocycles. The quantitative estimate of drug-likeness (QED) is 0.719. The monoisotopic (exact) mass is 393 g/mol. The molecule has 2 amide bonds. The van der Waals surface area contributed by atoms with Crippen LogP contribution in [0.3, 0.4) is 0 Å². The molecule has 1 saturated carbocycles. The number of imidazole rings is 1. The summed E-state index contributed by atoms with van der Waals surface area (Å²) in [6, 6.07) is 5.69. The molecule has 3 heterocycles. The van der Waals surface area contributed by atoms with Crippen LogP contribution in [-0.4, -0.2) is 50.7 Å². The van der Waals surface area contributed by atoms with Gasteiger partial charge in [-0.15, -0.1) is 0 Å². The van der Waals surface area contributed by atoms with Gasteiger partial charge in [0.15, 0.2) is 0 Å². The maximum atomic E-state index is 13.0. The SMILES string of the molecule is O=C(NCC[C@@H]1[C@H]2CN(C(=O)c3ccc(F)cc3)C[C@@H]12)c1cnc2nccn2c1. The highest BCUT2D eigenvalue weighted by atomic mass is 19.1. The second-order valence-corrected chi connectivity index (χ2v) is 7.73. The highest BCUT2D eigenvalue weighted by Crippen LogP contribution is 2.53. The summed E-state index contributed by atoms with van der Waals surface area (Å²) in [5, 5.41) is 2.95. The fourth-order valence-corrected chi connectivity index (χ4v) is 4.41. The summed E-state index contributed by atoms with van der Waals surface area (Å²) < 4.78 is 14.7. The summed E-state index contributed by atoms with van der Waals surface area (Å²) >= 11 is 0. The number of aromatic nitrogens is 3. The van der Waals surface area contributed by atoms with Crippen LogP contribution in [-0.2, 0) is 0 Å². The number of rotatable bonds is 5. The zero-order valence-electron chi connectivity index (χ0n) is 15.7. The lowest BCUT2D eigenvalue weighted by atomic mass is 10.1. The predicted octanol–water partition coefficient (Wildman–Crippen LogP) is 2.01. The maximum Gasteiger partial charge on any atom is 0.254 e. The standard InChI is InChI=1S/C21H20FN5O2/c22-15-3-1-13(2-4-15)20(29)27-11-17-16(18(17)12-27)5-6-23-19(28)14-9-25-21-24-7-8-26(21)10-14/h1-4,7-10,16-18H,5-6,11-12H2,(H,23,28)/t16-,17-,18+. The number of hydrogen-bond acceptors (Lipinski definition) is 4. The Hall–Kier alpha value is -3.29. The van der Waals surface area contributed by atoms with E-state index in [9.17, 15) is 14.0 Å². The molecule has 5 rings (SSSR count). The molecular formula is C21H20FN5O2. The molecule has 2 aromatic heterocycles. The average Bonchev–Trinajstić information content (AvgIpc) is 3.10. The highest BCUT2D eigenvalue weighted by Gasteiger charge is 2.55. The van der Waals surface area contributed by atoms with Crippen molar-refractivity contribution in [3.05, 3.63) is 66.0 Å². The molecule has 0 spiro atoms. The van der Waals surface area contributed by atoms with Gasteiger partial charge < -0.3 is 10.2 Å². The largest absolute Gasteiger partial charge is 0.352 e. The molecule has 2 aliphatic rings. The number of amides is 2. The van der Waals surface area contributed by atoms with Crippen LogP contribution in [0.1, 0.15) is 27.1 Å². The fourth-order valence-electron chi connectivity index (χ4n) is 4.41. The van der Waals surface area contributed by atoms with Crippen LogP contribution in [0.15, 0.2) is 49.1 Å². The van der Waals surface area contributed by atoms with Crippen LogP contribution >= 0.6 is 0 Å². The molecule has 3 aromatic rings. The maximum absolute atomic E-state index is 13.0. The summed E-state index contributed by atoms with van der Waals surface area (Å²) in [6.45, 7) is 2.08. The Bertz CT molecular complexity index is 1070. The lowest BCUT2D eigenvalue weighted by molar-refractivity contribution is 0.0767. The van der Waals surface area contributed by atoms with E-state index in [4.69, 9.17) is 0 Å². The summed E-state index contributed by atoms with van der Waals surface area (Å²) in [4.78, 5) is 34.9. The molecule has 0 radical (unpaired) electrons. The molecule has 148 valence electrons. The minimum atomic E-state index is -0.339. The Balaban J connectivity index is 1.09. The van der Waals surface area contributed by atoms with E-state index in [0.717, 1.165) is 19.5 Å². The number of carbonyl (C=O) groups is 2. The van der Waals surface area contributed by atoms with Gasteiger partial charge in [0.05, 0.1) is 5.56 Å². The number of carbonyl (C=O) groups excluding carboxylic acids is 2. The summed E-state index contributed by atoms with van der Waals surface area (Å²) in [7, 11) is 0. The van der Waals surface area contributed by atoms with E-state index in [1.807, 2.05) is 4.90 Å². The number of benzene rings is 1. The number of likely N-dealkylation sites (tertiary alicyclic amines) is 1. The Morgan fingerprint density at radius 1 is 1.10 bits per heavy atom. The first-order chi connectivity index (χ1) is 14.1. The first-order valence-corrected chi connectivity index (χ1v) is 9.72. The van der Waals surface area contributed by atoms with E-state index in [-0.39, 0.29) is 17.6 Å². The molecule has 1 aliphatic carbocycles. The van der Waals surface area contributed by atoms with Gasteiger partial charge in [0.2, 0.25) is 5.78 Å². The Morgan fingerprint density at radius 2 is 1.86 bits per heavy atom. The van der Waals surface area contributed by atoms with Gasteiger partial charge in [-0.2, -0.15) is 0 Å². The molecule has 1 saturated heterocycles. The minimum Gasteiger partial charge on any atom is -0.352 e. The third-order valence-corrected chi connectivity index (χ3v) is 6.02. The van der Waals surface area contributed by atoms with E-state index in [0.29, 0.717) is 41.2 Å². The van der Waals surface area contributed by atoms with E-state index in [1.165, 1.54) is 30.5 Å². The Kier molecular flexibility index (Phi) is 4.26. The third-order valence-electron chi connectivity index (χ3n) is 6.02. The van der Waals surface area contributed by atoms with E-state index < -0.39 is 0 Å². The average molecular weight is 393 g/mol. The number of nitrogens with one attached hydrogen (secondary N) is 1. The summed E-state index contributed by atoms with van der Waals surface area (Å²) in [6.07, 6.45) is 7.54. The van der Waals surface area contributed by atoms with Gasteiger partial charge in [0.1, 0.15) is 5.82 Å². The number of hydrogen-bond donors (Lipinski definition) is 1. The molecule has 7 nitrogen and oxygen atoms in total. The van der Waals surface area contributed by atoms with Gasteiger partial charge in [0.25, 0.3) is 11.8 Å². The topological polar surface area (TPSA) is 79.6 Å². The molecule has 8 heteroatoms. The van der Waals surface area contributed by atoms with Gasteiger partial charge in [-0.25, -0.2) is 14.4 Å². The van der Waals surface area contributed by atoms with Crippen molar-refractivity contribution >= 4 is 17.6 Å². The van der Waals surface area contributed by atoms with Crippen LogP contribution in [0.25, 0.3) is 5.78 Å². The summed E-state index contributed by atoms with van der Waals surface area (Å²) in [5.41, 5.74) is 1.03. The van der Waals surface area contributed by atoms with Crippen molar-refractivity contribution < 1.29 is 14.0 Å². The lowest BCUT2D eigenvalue weighted by Gasteiger charge is -2.20. The van der Waals surface area contributed by atoms with Crippen LogP contribution in [0.2, 0.25) is 0 Å². The van der Waals surface area contributed by atoms with E-state index in [1.54, 1.807) is 23.0 Å². The van der Waals surface area contributed by atoms with Crippen LogP contribution in [0.5, 0.6) is 0 Å². The van der Waals surface area contributed by atoms with Crippen LogP contribution in [0.4, 0.5) is 4.39 Å². The summed E-state index contributed by atoms with van der Waals surface area (Å²) in [5.74, 6) is 1.58. The molecular weight excluding hydrogens is 373 g/mol. The lowest BCUT2D eigenvalue weighted by Crippen LogP contribution is -2.32. The molecule has 1 N–H and O–H groups in total. The molecule has 3 atom stereocenters. The van der Waals surface area contributed by atoms with Crippen molar-refractivity contribution in [2.45, 2.75) is 6.42 Å². The smallest absolute Gasteiger partial charge is 0.254 e. The van der Waals surface area contributed by atoms with E-state index >= 15 is 0 Å². The third kappa shape index (κ3) is 3.35. The number of nitrogens with zero attached hydrogens (tertiary/aromatic N) is 4. The fraction of sp³-hybridized carbons (Fsp3) is 0.333. The van der Waals surface area contributed by atoms with Crippen molar-refractivity contribution in [3.8, 4) is 0 Å². The van der Waals surface area contributed by atoms with E-state index in [2.05, 4.69) is 15.3 Å². The predicted molar refractivity (Wildman–Crippen MR) is 103 cm³/mol. The number of fused-ring (bicyclic) bond motifs is 2. The number of piperidine rings is 1. The van der Waals surface area contributed by atoms with Gasteiger partial charge in [-0.3, -0.25) is 14.0 Å². The minimum absolute atomic E-state index is 0.0355. The molecule has 2 fully saturated rings. The molecule has 0 bridgehead atoms. The van der Waals surface area contributed by atoms with Crippen molar-refractivity contribution in [2.24, 2.45) is 17.8 Å². The van der Waals surface area contributed by atoms with Gasteiger partial charge in [-0.1, -0.05) is 0 Å². The second kappa shape index (κ2) is 6.95. The Morgan fingerprint density at radius 3 is 2.62 bits per heavy atom. The van der Waals surface area contributed by atoms with Gasteiger partial charge >= 0.3 is 0 Å². The Labute approximate surface area is 166 Å². The molecule has 0 unspecified atom stereocenters. The van der Waals surface area contributed by atoms with Crippen LogP contribution in [0, 0.1) is 23.6 Å². The van der Waals surface area contributed by atoms with Crippen molar-refractivity contribution in [3.63, 3.8) is 0 Å². The van der Waals surface area contributed by atoms with Gasteiger partial charge in [-0.05, 0) is 48.4 Å². The first-order valence-electron chi connectivity index (χ1n) is 9.72. The van der Waals surface area contributed by atoms with Crippen molar-refractivity contribution in [2.75, 3.05) is 19.6 Å². The van der Waals surface area contributed by atoms with Crippen molar-refractivity contribution in [1.29, 1.82) is 0 Å². The zero-order valence-corrected chi connectivity index (χ0v) is 15.7. The molecule has 29 heavy (non-hydrogen) atoms. The highest BCUT2D eigenvalue weighted by molar-refractivity contribution is 5.94. The number of halogens is 1. The zero-order chi connectivity index (χ0) is 20.0. The first kappa shape index (κ1) is 17.8. The van der Waals surface area contributed by atoms with Gasteiger partial charge in [0, 0.05) is 50.0 Å². The molecule has 1 aromatic carbocycles. The van der Waals surface area contributed by atoms with Crippen molar-refractivity contribution in [1.82, 2.24) is 24.6 Å².